The average molecular weight is 335 g/mol. The Morgan fingerprint density at radius 2 is 1.52 bits per heavy atom. The molecule has 0 heterocycles. The van der Waals surface area contributed by atoms with Crippen molar-refractivity contribution in [2.75, 3.05) is 5.32 Å². The van der Waals surface area contributed by atoms with Gasteiger partial charge in [-0.3, -0.25) is 9.59 Å². The second-order valence-electron chi connectivity index (χ2n) is 8.22. The van der Waals surface area contributed by atoms with E-state index in [1.54, 1.807) is 24.3 Å². The van der Waals surface area contributed by atoms with Gasteiger partial charge in [-0.25, -0.2) is 0 Å². The smallest absolute Gasteiger partial charge is 0.255 e. The minimum atomic E-state index is -0.124. The number of rotatable bonds is 3. The fourth-order valence-electron chi connectivity index (χ4n) is 3.58. The number of hydrogen-bond donors (Lipinski definition) is 1. The van der Waals surface area contributed by atoms with Gasteiger partial charge < -0.3 is 5.32 Å². The van der Waals surface area contributed by atoms with Crippen LogP contribution in [0.1, 0.15) is 72.4 Å². The van der Waals surface area contributed by atoms with Crippen molar-refractivity contribution in [3.8, 4) is 0 Å². The lowest BCUT2D eigenvalue weighted by Gasteiger charge is -2.42. The van der Waals surface area contributed by atoms with Crippen LogP contribution in [-0.4, -0.2) is 12.2 Å². The fraction of sp³-hybridized carbons (Fsp3) is 0.364. The second-order valence-corrected chi connectivity index (χ2v) is 8.22. The Kier molecular flexibility index (Phi) is 4.28. The van der Waals surface area contributed by atoms with Crippen LogP contribution < -0.4 is 5.32 Å². The van der Waals surface area contributed by atoms with Gasteiger partial charge in [-0.2, -0.15) is 0 Å². The van der Waals surface area contributed by atoms with Crippen molar-refractivity contribution in [1.29, 1.82) is 0 Å². The third-order valence-electron chi connectivity index (χ3n) is 5.42. The van der Waals surface area contributed by atoms with Gasteiger partial charge in [-0.05, 0) is 71.2 Å². The molecule has 0 saturated heterocycles. The molecule has 3 rings (SSSR count). The van der Waals surface area contributed by atoms with Crippen LogP contribution in [0.15, 0.2) is 42.5 Å². The first-order chi connectivity index (χ1) is 11.7. The van der Waals surface area contributed by atoms with Crippen LogP contribution in [-0.2, 0) is 10.8 Å². The maximum atomic E-state index is 12.6. The molecule has 3 nitrogen and oxygen atoms in total. The molecule has 0 fully saturated rings. The first kappa shape index (κ1) is 17.4. The molecule has 2 aromatic carbocycles. The molecular formula is C22H25NO2. The van der Waals surface area contributed by atoms with Gasteiger partial charge in [-0.15, -0.1) is 0 Å². The Morgan fingerprint density at radius 3 is 2.12 bits per heavy atom. The van der Waals surface area contributed by atoms with E-state index < -0.39 is 0 Å². The van der Waals surface area contributed by atoms with Gasteiger partial charge in [0.1, 0.15) is 6.29 Å². The lowest BCUT2D eigenvalue weighted by Crippen LogP contribution is -2.34. The molecule has 0 aliphatic heterocycles. The predicted molar refractivity (Wildman–Crippen MR) is 102 cm³/mol. The van der Waals surface area contributed by atoms with Gasteiger partial charge >= 0.3 is 0 Å². The number of carbonyl (C=O) groups excluding carboxylic acids is 2. The first-order valence-corrected chi connectivity index (χ1v) is 8.75. The number of nitrogens with one attached hydrogen (secondary N) is 1. The molecule has 0 unspecified atom stereocenters. The summed E-state index contributed by atoms with van der Waals surface area (Å²) < 4.78 is 0. The standard InChI is InChI=1S/C22H25NO2/c1-21(2)11-12-22(3,4)19-13-16(7-10-18(19)21)20(25)23-17-8-5-15(14-24)6-9-17/h5-10,13-14H,11-12H2,1-4H3,(H,23,25). The molecule has 1 aliphatic carbocycles. The van der Waals surface area contributed by atoms with E-state index in [1.807, 2.05) is 12.1 Å². The van der Waals surface area contributed by atoms with Crippen LogP contribution in [0.3, 0.4) is 0 Å². The van der Waals surface area contributed by atoms with E-state index >= 15 is 0 Å². The Bertz CT molecular complexity index is 816. The minimum absolute atomic E-state index is 0.0761. The van der Waals surface area contributed by atoms with E-state index in [-0.39, 0.29) is 16.7 Å². The summed E-state index contributed by atoms with van der Waals surface area (Å²) in [5.74, 6) is -0.124. The molecule has 0 aromatic heterocycles. The summed E-state index contributed by atoms with van der Waals surface area (Å²) in [4.78, 5) is 23.4. The van der Waals surface area contributed by atoms with Gasteiger partial charge in [0.2, 0.25) is 0 Å². The van der Waals surface area contributed by atoms with E-state index in [0.717, 1.165) is 19.1 Å². The van der Waals surface area contributed by atoms with E-state index in [9.17, 15) is 9.59 Å². The van der Waals surface area contributed by atoms with Crippen molar-refractivity contribution in [1.82, 2.24) is 0 Å². The Hall–Kier alpha value is -2.42. The number of carbonyl (C=O) groups is 2. The van der Waals surface area contributed by atoms with Crippen LogP contribution in [0.5, 0.6) is 0 Å². The molecule has 1 amide bonds. The summed E-state index contributed by atoms with van der Waals surface area (Å²) in [6, 6.07) is 12.9. The molecule has 130 valence electrons. The fourth-order valence-corrected chi connectivity index (χ4v) is 3.58. The van der Waals surface area contributed by atoms with Gasteiger partial charge in [0.25, 0.3) is 5.91 Å². The highest BCUT2D eigenvalue weighted by molar-refractivity contribution is 6.04. The molecule has 0 atom stereocenters. The molecule has 1 N–H and O–H groups in total. The topological polar surface area (TPSA) is 46.2 Å². The summed E-state index contributed by atoms with van der Waals surface area (Å²) >= 11 is 0. The van der Waals surface area contributed by atoms with Gasteiger partial charge in [0.15, 0.2) is 0 Å². The van der Waals surface area contributed by atoms with E-state index in [1.165, 1.54) is 11.1 Å². The summed E-state index contributed by atoms with van der Waals surface area (Å²) in [6.07, 6.45) is 3.06. The van der Waals surface area contributed by atoms with Gasteiger partial charge in [0.05, 0.1) is 0 Å². The van der Waals surface area contributed by atoms with E-state index in [4.69, 9.17) is 0 Å². The first-order valence-electron chi connectivity index (χ1n) is 8.75. The Labute approximate surface area is 149 Å². The number of anilines is 1. The van der Waals surface area contributed by atoms with Crippen LogP contribution in [0.25, 0.3) is 0 Å². The molecule has 0 bridgehead atoms. The van der Waals surface area contributed by atoms with Crippen molar-refractivity contribution in [2.45, 2.75) is 51.4 Å². The molecule has 25 heavy (non-hydrogen) atoms. The number of amides is 1. The zero-order valence-corrected chi connectivity index (χ0v) is 15.3. The van der Waals surface area contributed by atoms with Crippen molar-refractivity contribution < 1.29 is 9.59 Å². The van der Waals surface area contributed by atoms with Crippen LogP contribution in [0.4, 0.5) is 5.69 Å². The molecule has 0 saturated carbocycles. The zero-order chi connectivity index (χ0) is 18.2. The highest BCUT2D eigenvalue weighted by Crippen LogP contribution is 2.45. The van der Waals surface area contributed by atoms with Crippen LogP contribution in [0.2, 0.25) is 0 Å². The van der Waals surface area contributed by atoms with Crippen LogP contribution >= 0.6 is 0 Å². The minimum Gasteiger partial charge on any atom is -0.322 e. The normalized spacial score (nSPS) is 17.4. The third-order valence-corrected chi connectivity index (χ3v) is 5.42. The SMILES string of the molecule is CC1(C)CCC(C)(C)c2cc(C(=O)Nc3ccc(C=O)cc3)ccc21. The Morgan fingerprint density at radius 1 is 0.920 bits per heavy atom. The summed E-state index contributed by atoms with van der Waals surface area (Å²) in [7, 11) is 0. The summed E-state index contributed by atoms with van der Waals surface area (Å²) in [5.41, 5.74) is 4.79. The Balaban J connectivity index is 1.90. The molecule has 0 radical (unpaired) electrons. The average Bonchev–Trinajstić information content (AvgIpc) is 2.59. The highest BCUT2D eigenvalue weighted by Gasteiger charge is 2.37. The second kappa shape index (κ2) is 6.14. The van der Waals surface area contributed by atoms with Gasteiger partial charge in [0, 0.05) is 16.8 Å². The molecule has 3 heteroatoms. The summed E-state index contributed by atoms with van der Waals surface area (Å²) in [5, 5.41) is 2.91. The summed E-state index contributed by atoms with van der Waals surface area (Å²) in [6.45, 7) is 9.05. The number of hydrogen-bond acceptors (Lipinski definition) is 2. The van der Waals surface area contributed by atoms with Gasteiger partial charge in [-0.1, -0.05) is 33.8 Å². The number of aldehydes is 1. The molecule has 1 aliphatic rings. The monoisotopic (exact) mass is 335 g/mol. The predicted octanol–water partition coefficient (Wildman–Crippen LogP) is 5.10. The third kappa shape index (κ3) is 3.37. The highest BCUT2D eigenvalue weighted by atomic mass is 16.1. The number of fused-ring (bicyclic) bond motifs is 1. The van der Waals surface area contributed by atoms with Crippen molar-refractivity contribution in [2.24, 2.45) is 0 Å². The molecule has 0 spiro atoms. The van der Waals surface area contributed by atoms with Crippen molar-refractivity contribution in [3.63, 3.8) is 0 Å². The lowest BCUT2D eigenvalue weighted by atomic mass is 9.63. The molecule has 2 aromatic rings. The zero-order valence-electron chi connectivity index (χ0n) is 15.3. The quantitative estimate of drug-likeness (QED) is 0.793. The maximum Gasteiger partial charge on any atom is 0.255 e. The molecular weight excluding hydrogens is 310 g/mol. The number of benzene rings is 2. The van der Waals surface area contributed by atoms with E-state index in [2.05, 4.69) is 39.1 Å². The maximum absolute atomic E-state index is 12.6. The van der Waals surface area contributed by atoms with Crippen molar-refractivity contribution in [3.05, 3.63) is 64.7 Å². The van der Waals surface area contributed by atoms with Crippen molar-refractivity contribution >= 4 is 17.9 Å². The van der Waals surface area contributed by atoms with E-state index in [0.29, 0.717) is 16.8 Å². The van der Waals surface area contributed by atoms with Crippen LogP contribution in [0, 0.1) is 0 Å². The lowest BCUT2D eigenvalue weighted by molar-refractivity contribution is 0.102. The largest absolute Gasteiger partial charge is 0.322 e.